The molecule has 1 N–H and O–H groups in total. The molecule has 0 spiro atoms. The third-order valence-electron chi connectivity index (χ3n) is 4.24. The predicted octanol–water partition coefficient (Wildman–Crippen LogP) is 1.16. The highest BCUT2D eigenvalue weighted by Gasteiger charge is 2.25. The van der Waals surface area contributed by atoms with Gasteiger partial charge in [0.2, 0.25) is 0 Å². The zero-order valence-electron chi connectivity index (χ0n) is 13.9. The number of hydrogen-bond donors (Lipinski definition) is 1. The van der Waals surface area contributed by atoms with E-state index in [-0.39, 0.29) is 0 Å². The van der Waals surface area contributed by atoms with E-state index < -0.39 is 0 Å². The van der Waals surface area contributed by atoms with Crippen LogP contribution in [0.3, 0.4) is 0 Å². The van der Waals surface area contributed by atoms with Crippen LogP contribution in [-0.2, 0) is 0 Å². The van der Waals surface area contributed by atoms with Gasteiger partial charge in [0.1, 0.15) is 5.82 Å². The quantitative estimate of drug-likeness (QED) is 0.466. The summed E-state index contributed by atoms with van der Waals surface area (Å²) in [5, 5.41) is 3.27. The fourth-order valence-corrected chi connectivity index (χ4v) is 2.56. The summed E-state index contributed by atoms with van der Waals surface area (Å²) >= 11 is 0. The minimum Gasteiger partial charge on any atom is -0.365 e. The van der Waals surface area contributed by atoms with E-state index in [1.54, 1.807) is 0 Å². The molecule has 1 rings (SSSR count). The zero-order chi connectivity index (χ0) is 15.2. The van der Waals surface area contributed by atoms with Crippen molar-refractivity contribution < 1.29 is 4.48 Å². The van der Waals surface area contributed by atoms with Crippen molar-refractivity contribution in [3.63, 3.8) is 0 Å². The van der Waals surface area contributed by atoms with Gasteiger partial charge >= 0.3 is 0 Å². The third-order valence-corrected chi connectivity index (χ3v) is 4.24. The summed E-state index contributed by atoms with van der Waals surface area (Å²) in [6.45, 7) is 8.79. The molecule has 0 aromatic heterocycles. The Balaban J connectivity index is 2.47. The van der Waals surface area contributed by atoms with E-state index in [0.29, 0.717) is 0 Å². The Bertz CT molecular complexity index is 342. The lowest BCUT2D eigenvalue weighted by Crippen LogP contribution is -2.53. The zero-order valence-corrected chi connectivity index (χ0v) is 13.9. The normalized spacial score (nSPS) is 18.6. The number of likely N-dealkylation sites (tertiary alicyclic amines) is 1. The monoisotopic (exact) mass is 282 g/mol. The highest BCUT2D eigenvalue weighted by atomic mass is 15.4. The lowest BCUT2D eigenvalue weighted by molar-refractivity contribution is -0.913. The van der Waals surface area contributed by atoms with Gasteiger partial charge in [0.05, 0.1) is 33.2 Å². The average Bonchev–Trinajstić information content (AvgIpc) is 2.42. The second-order valence-electron chi connectivity index (χ2n) is 6.29. The molecule has 1 aliphatic heterocycles. The molecule has 116 valence electrons. The van der Waals surface area contributed by atoms with Gasteiger partial charge in [0.25, 0.3) is 0 Å². The maximum atomic E-state index is 4.33. The number of nitrogens with one attached hydrogen (secondary N) is 1. The van der Waals surface area contributed by atoms with E-state index in [1.807, 2.05) is 26.0 Å². The van der Waals surface area contributed by atoms with E-state index in [0.717, 1.165) is 18.3 Å². The minimum absolute atomic E-state index is 0.857. The Hall–Kier alpha value is -1.23. The van der Waals surface area contributed by atoms with Crippen molar-refractivity contribution in [3.05, 3.63) is 12.4 Å². The first-order valence-electron chi connectivity index (χ1n) is 7.53. The van der Waals surface area contributed by atoms with Crippen LogP contribution in [0.4, 0.5) is 0 Å². The Morgan fingerprint density at radius 1 is 1.20 bits per heavy atom. The number of aliphatic imine (C=N–C) groups is 1. The Kier molecular flexibility index (Phi) is 6.33. The number of rotatable bonds is 5. The predicted molar refractivity (Wildman–Crippen MR) is 86.6 cm³/mol. The topological polar surface area (TPSA) is 30.9 Å². The number of piperidine rings is 1. The van der Waals surface area contributed by atoms with E-state index in [1.165, 1.54) is 43.4 Å². The summed E-state index contributed by atoms with van der Waals surface area (Å²) in [5.41, 5.74) is 0. The van der Waals surface area contributed by atoms with Crippen molar-refractivity contribution in [2.45, 2.75) is 19.3 Å². The average molecular weight is 282 g/mol. The van der Waals surface area contributed by atoms with Crippen LogP contribution < -0.4 is 5.32 Å². The van der Waals surface area contributed by atoms with Crippen LogP contribution >= 0.6 is 0 Å². The van der Waals surface area contributed by atoms with Gasteiger partial charge in [-0.2, -0.15) is 0 Å². The van der Waals surface area contributed by atoms with Gasteiger partial charge in [0.15, 0.2) is 5.96 Å². The van der Waals surface area contributed by atoms with Crippen molar-refractivity contribution in [2.24, 2.45) is 4.99 Å². The second kappa shape index (κ2) is 7.53. The number of likely N-dealkylation sites (N-methyl/N-ethyl adjacent to an activating group) is 2. The minimum atomic E-state index is 0.857. The third kappa shape index (κ3) is 5.04. The largest absolute Gasteiger partial charge is 0.365 e. The van der Waals surface area contributed by atoms with Crippen LogP contribution in [0.15, 0.2) is 17.4 Å². The molecule has 0 unspecified atom stereocenters. The highest BCUT2D eigenvalue weighted by Crippen LogP contribution is 2.15. The molecule has 0 radical (unpaired) electrons. The van der Waals surface area contributed by atoms with Gasteiger partial charge in [-0.25, -0.2) is 0 Å². The maximum Gasteiger partial charge on any atom is 0.199 e. The van der Waals surface area contributed by atoms with Gasteiger partial charge in [-0.3, -0.25) is 4.99 Å². The van der Waals surface area contributed by atoms with Gasteiger partial charge in [0, 0.05) is 28.2 Å². The summed E-state index contributed by atoms with van der Waals surface area (Å²) in [4.78, 5) is 8.48. The molecule has 5 heteroatoms. The molecule has 5 nitrogen and oxygen atoms in total. The van der Waals surface area contributed by atoms with E-state index >= 15 is 0 Å². The number of hydrogen-bond acceptors (Lipinski definition) is 2. The van der Waals surface area contributed by atoms with Crippen LogP contribution in [0.1, 0.15) is 19.3 Å². The molecule has 20 heavy (non-hydrogen) atoms. The first-order chi connectivity index (χ1) is 9.38. The number of nitrogens with zero attached hydrogens (tertiary/aromatic N) is 4. The number of quaternary nitrogens is 1. The van der Waals surface area contributed by atoms with Gasteiger partial charge < -0.3 is 19.6 Å². The highest BCUT2D eigenvalue weighted by molar-refractivity contribution is 5.81. The first-order valence-corrected chi connectivity index (χ1v) is 7.53. The Morgan fingerprint density at radius 2 is 1.80 bits per heavy atom. The van der Waals surface area contributed by atoms with Crippen LogP contribution in [0, 0.1) is 0 Å². The SMILES string of the molecule is C=C(N/C(=N\C)N(C)CC[N+]1(C)CCCCC1)N(C)C. The molecule has 0 aromatic rings. The number of guanidine groups is 1. The van der Waals surface area contributed by atoms with E-state index in [4.69, 9.17) is 0 Å². The van der Waals surface area contributed by atoms with E-state index in [9.17, 15) is 0 Å². The van der Waals surface area contributed by atoms with Crippen molar-refractivity contribution in [3.8, 4) is 0 Å². The molecular weight excluding hydrogens is 250 g/mol. The molecule has 1 fully saturated rings. The smallest absolute Gasteiger partial charge is 0.199 e. The molecule has 1 heterocycles. The second-order valence-corrected chi connectivity index (χ2v) is 6.29. The summed E-state index contributed by atoms with van der Waals surface area (Å²) in [5.74, 6) is 1.74. The molecule has 0 atom stereocenters. The molecule has 0 saturated carbocycles. The van der Waals surface area contributed by atoms with Crippen LogP contribution in [-0.4, -0.2) is 81.7 Å². The standard InChI is InChI=1S/C15H32N5/c1-14(18(3)4)17-15(16-2)19(5)10-13-20(6)11-8-7-9-12-20/h1,7-13H2,2-6H3,(H,16,17)/q+1. The molecule has 1 saturated heterocycles. The van der Waals surface area contributed by atoms with E-state index in [2.05, 4.69) is 35.9 Å². The summed E-state index contributed by atoms with van der Waals surface area (Å²) < 4.78 is 1.19. The summed E-state index contributed by atoms with van der Waals surface area (Å²) in [6, 6.07) is 0. The van der Waals surface area contributed by atoms with Crippen LogP contribution in [0.25, 0.3) is 0 Å². The molecule has 0 bridgehead atoms. The fraction of sp³-hybridized carbons (Fsp3) is 0.800. The maximum absolute atomic E-state index is 4.33. The van der Waals surface area contributed by atoms with Crippen molar-refractivity contribution in [2.75, 3.05) is 61.4 Å². The molecule has 0 amide bonds. The lowest BCUT2D eigenvalue weighted by atomic mass is 10.1. The Morgan fingerprint density at radius 3 is 2.30 bits per heavy atom. The van der Waals surface area contributed by atoms with Crippen molar-refractivity contribution in [1.29, 1.82) is 0 Å². The van der Waals surface area contributed by atoms with Gasteiger partial charge in [-0.05, 0) is 19.3 Å². The summed E-state index contributed by atoms with van der Waals surface area (Å²) in [7, 11) is 10.2. The first kappa shape index (κ1) is 16.8. The molecule has 0 aliphatic carbocycles. The summed E-state index contributed by atoms with van der Waals surface area (Å²) in [6.07, 6.45) is 4.13. The van der Waals surface area contributed by atoms with Crippen molar-refractivity contribution in [1.82, 2.24) is 15.1 Å². The van der Waals surface area contributed by atoms with Crippen LogP contribution in [0.2, 0.25) is 0 Å². The molecule has 1 aliphatic rings. The fourth-order valence-electron chi connectivity index (χ4n) is 2.56. The lowest BCUT2D eigenvalue weighted by Gasteiger charge is -2.39. The molecular formula is C15H32N5+. The van der Waals surface area contributed by atoms with Gasteiger partial charge in [-0.15, -0.1) is 0 Å². The van der Waals surface area contributed by atoms with Gasteiger partial charge in [-0.1, -0.05) is 6.58 Å². The van der Waals surface area contributed by atoms with Crippen molar-refractivity contribution >= 4 is 5.96 Å². The molecule has 0 aromatic carbocycles. The Labute approximate surface area is 124 Å². The van der Waals surface area contributed by atoms with Crippen LogP contribution in [0.5, 0.6) is 0 Å².